The van der Waals surface area contributed by atoms with Gasteiger partial charge in [-0.3, -0.25) is 9.69 Å². The summed E-state index contributed by atoms with van der Waals surface area (Å²) in [4.78, 5) is 13.2. The van der Waals surface area contributed by atoms with Crippen molar-refractivity contribution in [3.63, 3.8) is 0 Å². The molecule has 3 aromatic rings. The number of amides is 1. The van der Waals surface area contributed by atoms with Gasteiger partial charge in [-0.1, -0.05) is 24.0 Å². The van der Waals surface area contributed by atoms with Crippen LogP contribution >= 0.6 is 11.3 Å². The number of carbonyl (C=O) groups excluding carboxylic acids is 1. The monoisotopic (exact) mass is 726 g/mol. The van der Waals surface area contributed by atoms with Crippen molar-refractivity contribution in [3.05, 3.63) is 46.6 Å². The number of aliphatic hydroxyl groups excluding tert-OH is 1. The van der Waals surface area contributed by atoms with E-state index in [9.17, 15) is 35.9 Å². The number of alkyl halides is 3. The van der Waals surface area contributed by atoms with E-state index in [4.69, 9.17) is 9.47 Å². The van der Waals surface area contributed by atoms with Crippen LogP contribution in [0.5, 0.6) is 5.75 Å². The Labute approximate surface area is 286 Å². The number of aliphatic hydroxyl groups is 1. The van der Waals surface area contributed by atoms with Gasteiger partial charge >= 0.3 is 6.18 Å². The lowest BCUT2D eigenvalue weighted by atomic mass is 9.89. The van der Waals surface area contributed by atoms with E-state index in [0.717, 1.165) is 76.7 Å². The van der Waals surface area contributed by atoms with Gasteiger partial charge < -0.3 is 25.2 Å². The minimum atomic E-state index is -4.54. The number of nitrogens with one attached hydrogen (secondary N) is 3. The molecule has 2 aromatic carbocycles. The van der Waals surface area contributed by atoms with Crippen molar-refractivity contribution >= 4 is 48.7 Å². The summed E-state index contributed by atoms with van der Waals surface area (Å²) in [6.45, 7) is 3.49. The minimum absolute atomic E-state index is 0.0105. The number of morpholine rings is 1. The molecule has 2 aliphatic rings. The molecular weight excluding hydrogens is 689 g/mol. The molecule has 5 rings (SSSR count). The van der Waals surface area contributed by atoms with E-state index >= 15 is 0 Å². The quantitative estimate of drug-likeness (QED) is 0.162. The van der Waals surface area contributed by atoms with E-state index in [2.05, 4.69) is 27.4 Å². The molecule has 0 atom stereocenters. The van der Waals surface area contributed by atoms with E-state index in [0.29, 0.717) is 16.1 Å². The van der Waals surface area contributed by atoms with Crippen molar-refractivity contribution < 1.29 is 45.4 Å². The van der Waals surface area contributed by atoms with E-state index in [1.807, 2.05) is 6.07 Å². The summed E-state index contributed by atoms with van der Waals surface area (Å²) in [5.74, 6) is 3.39. The molecule has 0 bridgehead atoms. The van der Waals surface area contributed by atoms with Gasteiger partial charge in [0.25, 0.3) is 10.0 Å². The predicted molar refractivity (Wildman–Crippen MR) is 179 cm³/mol. The number of sulfonamides is 1. The fraction of sp³-hybridized carbons (Fsp3) is 0.485. The zero-order chi connectivity index (χ0) is 35.2. The molecule has 1 amide bonds. The Hall–Kier alpha value is -3.62. The van der Waals surface area contributed by atoms with Crippen LogP contribution < -0.4 is 20.1 Å². The van der Waals surface area contributed by atoms with Gasteiger partial charge in [-0.25, -0.2) is 17.5 Å². The molecule has 266 valence electrons. The van der Waals surface area contributed by atoms with Gasteiger partial charge in [-0.15, -0.1) is 11.3 Å². The van der Waals surface area contributed by atoms with Gasteiger partial charge in [0.1, 0.15) is 23.1 Å². The smallest absolute Gasteiger partial charge is 0.393 e. The van der Waals surface area contributed by atoms with Gasteiger partial charge in [-0.2, -0.15) is 13.2 Å². The second kappa shape index (κ2) is 15.9. The van der Waals surface area contributed by atoms with Crippen LogP contribution in [0, 0.1) is 17.7 Å². The largest absolute Gasteiger partial charge is 0.489 e. The third-order valence-corrected chi connectivity index (χ3v) is 11.0. The Morgan fingerprint density at radius 2 is 1.88 bits per heavy atom. The Morgan fingerprint density at radius 3 is 2.55 bits per heavy atom. The van der Waals surface area contributed by atoms with Crippen molar-refractivity contribution in [1.82, 2.24) is 9.62 Å². The maximum absolute atomic E-state index is 14.9. The van der Waals surface area contributed by atoms with E-state index in [-0.39, 0.29) is 41.1 Å². The molecule has 1 saturated carbocycles. The third kappa shape index (κ3) is 9.55. The molecular formula is C33H38F4N4O6S2. The highest BCUT2D eigenvalue weighted by atomic mass is 32.2. The SMILES string of the molecule is CC(=O)NS(=O)(=O)c1cc(OCCO)c(NCC#Cc2sc3c(NC4CCC(N5CCOCC5)CC4)cccc3c2CC(F)(F)F)cc1F. The third-order valence-electron chi connectivity index (χ3n) is 8.33. The predicted octanol–water partition coefficient (Wildman–Crippen LogP) is 4.86. The summed E-state index contributed by atoms with van der Waals surface area (Å²) in [6.07, 6.45) is -1.67. The van der Waals surface area contributed by atoms with Crippen LogP contribution in [0.3, 0.4) is 0 Å². The highest BCUT2D eigenvalue weighted by Crippen LogP contribution is 2.40. The summed E-state index contributed by atoms with van der Waals surface area (Å²) in [5.41, 5.74) is 0.830. The molecule has 16 heteroatoms. The molecule has 1 saturated heterocycles. The maximum atomic E-state index is 14.9. The lowest BCUT2D eigenvalue weighted by Crippen LogP contribution is -2.46. The zero-order valence-electron chi connectivity index (χ0n) is 26.8. The first-order chi connectivity index (χ1) is 23.3. The Kier molecular flexibility index (Phi) is 11.9. The fourth-order valence-corrected chi connectivity index (χ4v) is 8.41. The number of carbonyl (C=O) groups is 1. The highest BCUT2D eigenvalue weighted by molar-refractivity contribution is 7.90. The number of benzene rings is 2. The second-order valence-corrected chi connectivity index (χ2v) is 14.5. The molecule has 4 N–H and O–H groups in total. The van der Waals surface area contributed by atoms with Crippen molar-refractivity contribution in [2.24, 2.45) is 0 Å². The number of anilines is 2. The van der Waals surface area contributed by atoms with E-state index in [1.165, 1.54) is 11.3 Å². The fourth-order valence-electron chi connectivity index (χ4n) is 6.17. The van der Waals surface area contributed by atoms with Gasteiger partial charge in [0.15, 0.2) is 0 Å². The van der Waals surface area contributed by atoms with Crippen LogP contribution in [0.15, 0.2) is 35.2 Å². The number of fused-ring (bicyclic) bond motifs is 1. The summed E-state index contributed by atoms with van der Waals surface area (Å²) in [7, 11) is -4.54. The standard InChI is InChI=1S/C33H38F4N4O6S2/c1-21(43)40-49(44,45)31-19-29(47-17-14-42)28(18-26(31)34)38-11-3-6-30-25(20-33(35,36)37)24-4-2-5-27(32(24)48-30)39-22-7-9-23(10-8-22)41-12-15-46-16-13-41/h2,4-5,18-19,22-23,38-39,42H,7-17,20H2,1H3,(H,40,43). The first-order valence-electron chi connectivity index (χ1n) is 15.9. The van der Waals surface area contributed by atoms with Gasteiger partial charge in [0, 0.05) is 44.2 Å². The Balaban J connectivity index is 1.35. The van der Waals surface area contributed by atoms with Crippen molar-refractivity contribution in [3.8, 4) is 17.6 Å². The van der Waals surface area contributed by atoms with E-state index < -0.39 is 45.8 Å². The molecule has 1 aliphatic carbocycles. The molecule has 2 heterocycles. The second-order valence-electron chi connectivity index (χ2n) is 11.8. The number of thiophene rings is 1. The topological polar surface area (TPSA) is 129 Å². The van der Waals surface area contributed by atoms with Gasteiger partial charge in [0.2, 0.25) is 5.91 Å². The van der Waals surface area contributed by atoms with Gasteiger partial charge in [0.05, 0.1) is 53.7 Å². The van der Waals surface area contributed by atoms with Crippen LogP contribution in [-0.2, 0) is 26.0 Å². The van der Waals surface area contributed by atoms with Crippen LogP contribution in [0.4, 0.5) is 28.9 Å². The van der Waals surface area contributed by atoms with Crippen LogP contribution in [0.1, 0.15) is 43.0 Å². The maximum Gasteiger partial charge on any atom is 0.393 e. The van der Waals surface area contributed by atoms with Crippen molar-refractivity contribution in [2.45, 2.75) is 62.2 Å². The van der Waals surface area contributed by atoms with Crippen molar-refractivity contribution in [2.75, 3.05) is 56.7 Å². The molecule has 10 nitrogen and oxygen atoms in total. The first kappa shape index (κ1) is 36.7. The summed E-state index contributed by atoms with van der Waals surface area (Å²) in [6, 6.07) is 7.69. The Bertz CT molecular complexity index is 1810. The molecule has 1 aliphatic heterocycles. The normalized spacial score (nSPS) is 18.8. The highest BCUT2D eigenvalue weighted by Gasteiger charge is 2.32. The number of rotatable bonds is 11. The van der Waals surface area contributed by atoms with Crippen molar-refractivity contribution in [1.29, 1.82) is 0 Å². The number of nitrogens with zero attached hydrogens (tertiary/aromatic N) is 1. The molecule has 0 spiro atoms. The number of halogens is 4. The number of ether oxygens (including phenoxy) is 2. The average Bonchev–Trinajstić information content (AvgIpc) is 3.39. The summed E-state index contributed by atoms with van der Waals surface area (Å²) >= 11 is 1.18. The zero-order valence-corrected chi connectivity index (χ0v) is 28.4. The molecule has 1 aromatic heterocycles. The average molecular weight is 727 g/mol. The van der Waals surface area contributed by atoms with Crippen LogP contribution in [0.25, 0.3) is 10.1 Å². The van der Waals surface area contributed by atoms with Gasteiger partial charge in [-0.05, 0) is 42.7 Å². The first-order valence-corrected chi connectivity index (χ1v) is 18.2. The minimum Gasteiger partial charge on any atom is -0.489 e. The molecule has 0 unspecified atom stereocenters. The van der Waals surface area contributed by atoms with Crippen LogP contribution in [0.2, 0.25) is 0 Å². The Morgan fingerprint density at radius 1 is 1.14 bits per heavy atom. The summed E-state index contributed by atoms with van der Waals surface area (Å²) < 4.78 is 94.2. The van der Waals surface area contributed by atoms with Crippen LogP contribution in [-0.4, -0.2) is 88.7 Å². The number of hydrogen-bond donors (Lipinski definition) is 4. The van der Waals surface area contributed by atoms with E-state index in [1.54, 1.807) is 16.9 Å². The summed E-state index contributed by atoms with van der Waals surface area (Å²) in [5, 5.41) is 16.1. The number of hydrogen-bond acceptors (Lipinski definition) is 10. The lowest BCUT2D eigenvalue weighted by Gasteiger charge is -2.39. The molecule has 2 fully saturated rings. The lowest BCUT2D eigenvalue weighted by molar-refractivity contribution is -0.127. The molecule has 49 heavy (non-hydrogen) atoms. The molecule has 0 radical (unpaired) electrons.